The topological polar surface area (TPSA) is 103 Å². The molecule has 3 aliphatic heterocycles. The van der Waals surface area contributed by atoms with E-state index in [2.05, 4.69) is 17.6 Å². The van der Waals surface area contributed by atoms with Crippen molar-refractivity contribution in [3.63, 3.8) is 0 Å². The predicted octanol–water partition coefficient (Wildman–Crippen LogP) is 2.04. The van der Waals surface area contributed by atoms with E-state index in [0.717, 1.165) is 22.4 Å². The summed E-state index contributed by atoms with van der Waals surface area (Å²) in [7, 11) is -3.53. The lowest BCUT2D eigenvalue weighted by Gasteiger charge is -2.33. The number of nitrogens with one attached hydrogen (secondary N) is 1. The molecule has 2 aromatic carbocycles. The van der Waals surface area contributed by atoms with Gasteiger partial charge in [-0.2, -0.15) is 9.57 Å². The number of rotatable bonds is 3. The number of benzene rings is 2. The number of anilines is 1. The molecule has 0 aromatic heterocycles. The zero-order chi connectivity index (χ0) is 22.3. The standard InChI is InChI=1S/C23H24N4O4S/c24-16-26-8-7-23(15-26)14-19-13-18(3-6-21(19)25-22(23)28)17-1-4-20(5-2-17)32(29,30)27-9-11-31-12-10-27/h1-6,13H,7-12,14-15H2,(H,25,28). The molecule has 3 heterocycles. The molecule has 1 N–H and O–H groups in total. The number of nitriles is 1. The van der Waals surface area contributed by atoms with Gasteiger partial charge in [-0.15, -0.1) is 0 Å². The Hall–Kier alpha value is -2.93. The molecule has 0 bridgehead atoms. The Bertz CT molecular complexity index is 1200. The highest BCUT2D eigenvalue weighted by atomic mass is 32.2. The number of ether oxygens (including phenoxy) is 1. The van der Waals surface area contributed by atoms with E-state index in [1.165, 1.54) is 4.31 Å². The maximum absolute atomic E-state index is 12.9. The first-order valence-electron chi connectivity index (χ1n) is 10.7. The fourth-order valence-corrected chi connectivity index (χ4v) is 6.19. The third kappa shape index (κ3) is 3.54. The number of hydrogen-bond acceptors (Lipinski definition) is 6. The third-order valence-corrected chi connectivity index (χ3v) is 8.57. The largest absolute Gasteiger partial charge is 0.379 e. The quantitative estimate of drug-likeness (QED) is 0.715. The van der Waals surface area contributed by atoms with Gasteiger partial charge < -0.3 is 15.0 Å². The monoisotopic (exact) mass is 452 g/mol. The molecular weight excluding hydrogens is 428 g/mol. The first-order valence-corrected chi connectivity index (χ1v) is 12.1. The average Bonchev–Trinajstić information content (AvgIpc) is 3.24. The Morgan fingerprint density at radius 3 is 2.44 bits per heavy atom. The number of hydrogen-bond donors (Lipinski definition) is 1. The van der Waals surface area contributed by atoms with E-state index in [0.29, 0.717) is 52.2 Å². The highest BCUT2D eigenvalue weighted by molar-refractivity contribution is 7.89. The fourth-order valence-electron chi connectivity index (χ4n) is 4.78. The van der Waals surface area contributed by atoms with Gasteiger partial charge in [0.2, 0.25) is 15.9 Å². The molecule has 166 valence electrons. The molecule has 5 rings (SSSR count). The van der Waals surface area contributed by atoms with Gasteiger partial charge in [0.05, 0.1) is 23.5 Å². The van der Waals surface area contributed by atoms with Crippen LogP contribution in [-0.2, 0) is 26.0 Å². The van der Waals surface area contributed by atoms with Gasteiger partial charge in [0, 0.05) is 31.9 Å². The van der Waals surface area contributed by atoms with E-state index in [1.54, 1.807) is 17.0 Å². The van der Waals surface area contributed by atoms with Gasteiger partial charge in [0.1, 0.15) is 0 Å². The second kappa shape index (κ2) is 7.89. The minimum atomic E-state index is -3.53. The van der Waals surface area contributed by atoms with Crippen molar-refractivity contribution >= 4 is 21.6 Å². The molecule has 2 aromatic rings. The van der Waals surface area contributed by atoms with E-state index in [9.17, 15) is 18.5 Å². The minimum absolute atomic E-state index is 0.0202. The van der Waals surface area contributed by atoms with Crippen molar-refractivity contribution in [1.82, 2.24) is 9.21 Å². The molecule has 0 aliphatic carbocycles. The Labute approximate surface area is 187 Å². The van der Waals surface area contributed by atoms with Crippen LogP contribution in [0.2, 0.25) is 0 Å². The first-order chi connectivity index (χ1) is 15.4. The number of carbonyl (C=O) groups excluding carboxylic acids is 1. The lowest BCUT2D eigenvalue weighted by Crippen LogP contribution is -2.43. The van der Waals surface area contributed by atoms with Crippen LogP contribution in [0, 0.1) is 16.9 Å². The molecular formula is C23H24N4O4S. The number of sulfonamides is 1. The third-order valence-electron chi connectivity index (χ3n) is 6.65. The summed E-state index contributed by atoms with van der Waals surface area (Å²) >= 11 is 0. The molecule has 8 nitrogen and oxygen atoms in total. The molecule has 1 spiro atoms. The van der Waals surface area contributed by atoms with Crippen molar-refractivity contribution in [2.75, 3.05) is 44.7 Å². The number of carbonyl (C=O) groups is 1. The van der Waals surface area contributed by atoms with Gasteiger partial charge in [-0.1, -0.05) is 18.2 Å². The van der Waals surface area contributed by atoms with Crippen LogP contribution in [0.25, 0.3) is 11.1 Å². The Balaban J connectivity index is 1.40. The van der Waals surface area contributed by atoms with Crippen LogP contribution < -0.4 is 5.32 Å². The lowest BCUT2D eigenvalue weighted by molar-refractivity contribution is -0.125. The molecule has 3 aliphatic rings. The Morgan fingerprint density at radius 2 is 1.75 bits per heavy atom. The Morgan fingerprint density at radius 1 is 1.03 bits per heavy atom. The van der Waals surface area contributed by atoms with Crippen LogP contribution in [0.3, 0.4) is 0 Å². The molecule has 0 radical (unpaired) electrons. The highest BCUT2D eigenvalue weighted by Crippen LogP contribution is 2.41. The molecule has 1 unspecified atom stereocenters. The molecule has 32 heavy (non-hydrogen) atoms. The second-order valence-corrected chi connectivity index (χ2v) is 10.5. The van der Waals surface area contributed by atoms with Crippen LogP contribution in [-0.4, -0.2) is 62.9 Å². The zero-order valence-corrected chi connectivity index (χ0v) is 18.4. The van der Waals surface area contributed by atoms with Crippen molar-refractivity contribution < 1.29 is 17.9 Å². The number of morpholine rings is 1. The minimum Gasteiger partial charge on any atom is -0.379 e. The van der Waals surface area contributed by atoms with Crippen molar-refractivity contribution in [1.29, 1.82) is 5.26 Å². The maximum Gasteiger partial charge on any atom is 0.243 e. The van der Waals surface area contributed by atoms with Gasteiger partial charge in [0.15, 0.2) is 6.19 Å². The van der Waals surface area contributed by atoms with Gasteiger partial charge in [-0.05, 0) is 53.8 Å². The van der Waals surface area contributed by atoms with E-state index in [-0.39, 0.29) is 10.8 Å². The SMILES string of the molecule is N#CN1CCC2(Cc3cc(-c4ccc(S(=O)(=O)N5CCOCC5)cc4)ccc3NC2=O)C1. The molecule has 0 saturated carbocycles. The van der Waals surface area contributed by atoms with E-state index in [1.807, 2.05) is 24.3 Å². The highest BCUT2D eigenvalue weighted by Gasteiger charge is 2.47. The first kappa shape index (κ1) is 20.9. The molecule has 1 atom stereocenters. The van der Waals surface area contributed by atoms with Gasteiger partial charge in [-0.25, -0.2) is 8.42 Å². The van der Waals surface area contributed by atoms with Crippen LogP contribution >= 0.6 is 0 Å². The van der Waals surface area contributed by atoms with Gasteiger partial charge in [0.25, 0.3) is 0 Å². The van der Waals surface area contributed by atoms with E-state index in [4.69, 9.17) is 4.74 Å². The normalized spacial score (nSPS) is 23.6. The van der Waals surface area contributed by atoms with Crippen molar-refractivity contribution in [3.8, 4) is 17.3 Å². The van der Waals surface area contributed by atoms with Crippen LogP contribution in [0.1, 0.15) is 12.0 Å². The molecule has 1 amide bonds. The summed E-state index contributed by atoms with van der Waals surface area (Å²) < 4.78 is 32.4. The molecule has 9 heteroatoms. The van der Waals surface area contributed by atoms with Crippen molar-refractivity contribution in [3.05, 3.63) is 48.0 Å². The number of nitrogens with zero attached hydrogens (tertiary/aromatic N) is 3. The summed E-state index contributed by atoms with van der Waals surface area (Å²) in [6.07, 6.45) is 3.40. The summed E-state index contributed by atoms with van der Waals surface area (Å²) in [5.74, 6) is -0.0202. The Kier molecular flexibility index (Phi) is 5.16. The summed E-state index contributed by atoms with van der Waals surface area (Å²) in [5.41, 5.74) is 3.13. The summed E-state index contributed by atoms with van der Waals surface area (Å²) in [4.78, 5) is 14.7. The van der Waals surface area contributed by atoms with Crippen LogP contribution in [0.4, 0.5) is 5.69 Å². The summed E-state index contributed by atoms with van der Waals surface area (Å²) in [6, 6.07) is 12.8. The molecule has 2 fully saturated rings. The summed E-state index contributed by atoms with van der Waals surface area (Å²) in [6.45, 7) is 2.59. The van der Waals surface area contributed by atoms with E-state index >= 15 is 0 Å². The zero-order valence-electron chi connectivity index (χ0n) is 17.6. The van der Waals surface area contributed by atoms with Gasteiger partial charge >= 0.3 is 0 Å². The second-order valence-electron chi connectivity index (χ2n) is 8.60. The molecule has 2 saturated heterocycles. The van der Waals surface area contributed by atoms with Crippen molar-refractivity contribution in [2.45, 2.75) is 17.7 Å². The summed E-state index contributed by atoms with van der Waals surface area (Å²) in [5, 5.41) is 12.2. The number of likely N-dealkylation sites (tertiary alicyclic amines) is 1. The van der Waals surface area contributed by atoms with Crippen molar-refractivity contribution in [2.24, 2.45) is 5.41 Å². The maximum atomic E-state index is 12.9. The van der Waals surface area contributed by atoms with Crippen LogP contribution in [0.15, 0.2) is 47.4 Å². The smallest absolute Gasteiger partial charge is 0.243 e. The average molecular weight is 453 g/mol. The fraction of sp³-hybridized carbons (Fsp3) is 0.391. The van der Waals surface area contributed by atoms with Crippen LogP contribution in [0.5, 0.6) is 0 Å². The van der Waals surface area contributed by atoms with E-state index < -0.39 is 15.4 Å². The number of amides is 1. The number of fused-ring (bicyclic) bond motifs is 1. The van der Waals surface area contributed by atoms with Gasteiger partial charge in [-0.3, -0.25) is 4.79 Å². The predicted molar refractivity (Wildman–Crippen MR) is 118 cm³/mol. The lowest BCUT2D eigenvalue weighted by atomic mass is 9.76.